The number of nitrogens with zero attached hydrogens (tertiary/aromatic N) is 3. The van der Waals surface area contributed by atoms with E-state index in [-0.39, 0.29) is 30.3 Å². The van der Waals surface area contributed by atoms with E-state index in [0.29, 0.717) is 17.6 Å². The Morgan fingerprint density at radius 1 is 1.32 bits per heavy atom. The Hall–Kier alpha value is -1.92. The number of aromatic nitrogens is 2. The van der Waals surface area contributed by atoms with Crippen LogP contribution in [0.5, 0.6) is 0 Å². The highest BCUT2D eigenvalue weighted by Gasteiger charge is 2.14. The lowest BCUT2D eigenvalue weighted by atomic mass is 10.1. The van der Waals surface area contributed by atoms with E-state index in [1.54, 1.807) is 25.1 Å². The molecule has 0 saturated carbocycles. The fourth-order valence-electron chi connectivity index (χ4n) is 2.19. The Morgan fingerprint density at radius 2 is 1.95 bits per heavy atom. The number of hydrogen-bond donors (Lipinski definition) is 1. The number of fused-ring (bicyclic) bond motifs is 1. The van der Waals surface area contributed by atoms with Gasteiger partial charge in [-0.2, -0.15) is 5.10 Å². The van der Waals surface area contributed by atoms with E-state index in [2.05, 4.69) is 10.4 Å². The lowest BCUT2D eigenvalue weighted by Gasteiger charge is -2.17. The number of nitrogens with one attached hydrogen (secondary N) is 1. The fraction of sp³-hybridized carbons (Fsp3) is 0.400. The van der Waals surface area contributed by atoms with Gasteiger partial charge in [-0.25, -0.2) is 4.68 Å². The third-order valence-electron chi connectivity index (χ3n) is 3.47. The van der Waals surface area contributed by atoms with Crippen molar-refractivity contribution in [1.82, 2.24) is 20.0 Å². The van der Waals surface area contributed by atoms with Crippen molar-refractivity contribution in [2.45, 2.75) is 6.42 Å². The number of likely N-dealkylation sites (N-methyl/N-ethyl adjacent to an activating group) is 2. The van der Waals surface area contributed by atoms with Crippen molar-refractivity contribution in [3.05, 3.63) is 40.3 Å². The predicted octanol–water partition coefficient (Wildman–Crippen LogP) is 0.576. The van der Waals surface area contributed by atoms with Crippen molar-refractivity contribution in [1.29, 1.82) is 0 Å². The SMILES string of the molecule is CNCCN(C)C(=O)Cc1nn(C)c(=O)c2ccccc12.Cl. The number of amides is 1. The maximum atomic E-state index is 12.2. The molecule has 6 nitrogen and oxygen atoms in total. The van der Waals surface area contributed by atoms with Crippen molar-refractivity contribution in [2.75, 3.05) is 27.2 Å². The highest BCUT2D eigenvalue weighted by molar-refractivity contribution is 5.88. The van der Waals surface area contributed by atoms with Gasteiger partial charge < -0.3 is 10.2 Å². The molecule has 1 N–H and O–H groups in total. The minimum Gasteiger partial charge on any atom is -0.344 e. The maximum Gasteiger partial charge on any atom is 0.274 e. The first-order chi connectivity index (χ1) is 10.0. The molecule has 0 aliphatic heterocycles. The van der Waals surface area contributed by atoms with Gasteiger partial charge in [-0.3, -0.25) is 9.59 Å². The molecule has 0 bridgehead atoms. The van der Waals surface area contributed by atoms with Crippen molar-refractivity contribution < 1.29 is 4.79 Å². The highest BCUT2D eigenvalue weighted by Crippen LogP contribution is 2.14. The van der Waals surface area contributed by atoms with E-state index in [1.807, 2.05) is 25.2 Å². The Bertz CT molecular complexity index is 714. The summed E-state index contributed by atoms with van der Waals surface area (Å²) in [5.41, 5.74) is 0.486. The van der Waals surface area contributed by atoms with Gasteiger partial charge in [0, 0.05) is 32.6 Å². The van der Waals surface area contributed by atoms with E-state index < -0.39 is 0 Å². The van der Waals surface area contributed by atoms with Crippen LogP contribution < -0.4 is 10.9 Å². The Labute approximate surface area is 135 Å². The summed E-state index contributed by atoms with van der Waals surface area (Å²) >= 11 is 0. The summed E-state index contributed by atoms with van der Waals surface area (Å²) in [6.45, 7) is 1.38. The second-order valence-electron chi connectivity index (χ2n) is 5.02. The molecule has 0 saturated heterocycles. The highest BCUT2D eigenvalue weighted by atomic mass is 35.5. The molecule has 0 aliphatic carbocycles. The summed E-state index contributed by atoms with van der Waals surface area (Å²) in [5.74, 6) is -0.0125. The maximum absolute atomic E-state index is 12.2. The zero-order valence-corrected chi connectivity index (χ0v) is 13.8. The zero-order chi connectivity index (χ0) is 15.4. The van der Waals surface area contributed by atoms with Crippen LogP contribution in [0.2, 0.25) is 0 Å². The minimum atomic E-state index is -0.148. The molecule has 0 radical (unpaired) electrons. The number of rotatable bonds is 5. The lowest BCUT2D eigenvalue weighted by molar-refractivity contribution is -0.129. The Kier molecular flexibility index (Phi) is 6.52. The molecular weight excluding hydrogens is 304 g/mol. The summed E-state index contributed by atoms with van der Waals surface area (Å²) in [6.07, 6.45) is 0.189. The summed E-state index contributed by atoms with van der Waals surface area (Å²) in [5, 5.41) is 8.59. The largest absolute Gasteiger partial charge is 0.344 e. The quantitative estimate of drug-likeness (QED) is 0.873. The van der Waals surface area contributed by atoms with E-state index in [0.717, 1.165) is 11.9 Å². The second-order valence-corrected chi connectivity index (χ2v) is 5.02. The zero-order valence-electron chi connectivity index (χ0n) is 13.0. The molecule has 7 heteroatoms. The molecule has 0 spiro atoms. The van der Waals surface area contributed by atoms with Crippen LogP contribution >= 0.6 is 12.4 Å². The topological polar surface area (TPSA) is 67.2 Å². The van der Waals surface area contributed by atoms with Crippen LogP contribution in [-0.4, -0.2) is 47.8 Å². The van der Waals surface area contributed by atoms with Crippen molar-refractivity contribution in [3.8, 4) is 0 Å². The molecule has 0 aliphatic rings. The van der Waals surface area contributed by atoms with Crippen molar-refractivity contribution in [3.63, 3.8) is 0 Å². The molecule has 1 aromatic heterocycles. The van der Waals surface area contributed by atoms with Crippen LogP contribution in [-0.2, 0) is 18.3 Å². The van der Waals surface area contributed by atoms with Crippen molar-refractivity contribution >= 4 is 29.1 Å². The van der Waals surface area contributed by atoms with Gasteiger partial charge in [-0.15, -0.1) is 12.4 Å². The van der Waals surface area contributed by atoms with Crippen LogP contribution in [0.15, 0.2) is 29.1 Å². The number of benzene rings is 1. The number of carbonyl (C=O) groups is 1. The van der Waals surface area contributed by atoms with Crippen LogP contribution in [0.25, 0.3) is 10.8 Å². The second kappa shape index (κ2) is 7.91. The molecule has 1 amide bonds. The molecule has 0 fully saturated rings. The number of aryl methyl sites for hydroxylation is 1. The molecule has 1 heterocycles. The van der Waals surface area contributed by atoms with Gasteiger partial charge in [0.05, 0.1) is 17.5 Å². The first-order valence-corrected chi connectivity index (χ1v) is 6.88. The van der Waals surface area contributed by atoms with Crippen LogP contribution in [0, 0.1) is 0 Å². The molecule has 22 heavy (non-hydrogen) atoms. The Morgan fingerprint density at radius 3 is 2.59 bits per heavy atom. The smallest absolute Gasteiger partial charge is 0.274 e. The molecule has 1 aromatic carbocycles. The molecular formula is C15H21ClN4O2. The van der Waals surface area contributed by atoms with E-state index in [1.165, 1.54) is 4.68 Å². The van der Waals surface area contributed by atoms with Gasteiger partial charge in [0.15, 0.2) is 0 Å². The van der Waals surface area contributed by atoms with Gasteiger partial charge in [0.25, 0.3) is 5.56 Å². The average molecular weight is 325 g/mol. The number of halogens is 1. The molecule has 2 aromatic rings. The van der Waals surface area contributed by atoms with Crippen LogP contribution in [0.3, 0.4) is 0 Å². The van der Waals surface area contributed by atoms with Gasteiger partial charge in [0.2, 0.25) is 5.91 Å². The van der Waals surface area contributed by atoms with E-state index in [4.69, 9.17) is 0 Å². The van der Waals surface area contributed by atoms with Crippen LogP contribution in [0.4, 0.5) is 0 Å². The van der Waals surface area contributed by atoms with E-state index >= 15 is 0 Å². The molecule has 0 unspecified atom stereocenters. The third-order valence-corrected chi connectivity index (χ3v) is 3.47. The number of carbonyl (C=O) groups excluding carboxylic acids is 1. The summed E-state index contributed by atoms with van der Waals surface area (Å²) in [6, 6.07) is 7.26. The van der Waals surface area contributed by atoms with Crippen LogP contribution in [0.1, 0.15) is 5.69 Å². The molecule has 120 valence electrons. The monoisotopic (exact) mass is 324 g/mol. The summed E-state index contributed by atoms with van der Waals surface area (Å²) < 4.78 is 1.29. The predicted molar refractivity (Wildman–Crippen MR) is 89.5 cm³/mol. The molecule has 2 rings (SSSR count). The van der Waals surface area contributed by atoms with Gasteiger partial charge in [0.1, 0.15) is 0 Å². The molecule has 0 atom stereocenters. The average Bonchev–Trinajstić information content (AvgIpc) is 2.49. The van der Waals surface area contributed by atoms with Gasteiger partial charge in [-0.05, 0) is 13.1 Å². The first kappa shape index (κ1) is 18.1. The van der Waals surface area contributed by atoms with E-state index in [9.17, 15) is 9.59 Å². The fourth-order valence-corrected chi connectivity index (χ4v) is 2.19. The summed E-state index contributed by atoms with van der Waals surface area (Å²) in [4.78, 5) is 25.9. The van der Waals surface area contributed by atoms with Gasteiger partial charge in [-0.1, -0.05) is 18.2 Å². The van der Waals surface area contributed by atoms with Gasteiger partial charge >= 0.3 is 0 Å². The standard InChI is InChI=1S/C15H20N4O2.ClH/c1-16-8-9-18(2)14(20)10-13-11-6-4-5-7-12(11)15(21)19(3)17-13;/h4-7,16H,8-10H2,1-3H3;1H. The lowest BCUT2D eigenvalue weighted by Crippen LogP contribution is -2.34. The van der Waals surface area contributed by atoms with Crippen molar-refractivity contribution in [2.24, 2.45) is 7.05 Å². The Balaban J connectivity index is 0.00000242. The summed E-state index contributed by atoms with van der Waals surface area (Å²) in [7, 11) is 5.22. The normalized spacial score (nSPS) is 10.3. The number of hydrogen-bond acceptors (Lipinski definition) is 4. The third kappa shape index (κ3) is 3.84. The first-order valence-electron chi connectivity index (χ1n) is 6.88. The minimum absolute atomic E-state index is 0.